The van der Waals surface area contributed by atoms with Crippen molar-refractivity contribution in [1.29, 1.82) is 5.26 Å². The first-order chi connectivity index (χ1) is 7.09. The zero-order valence-electron chi connectivity index (χ0n) is 9.92. The number of fused-ring (bicyclic) bond motifs is 1. The average Bonchev–Trinajstić information content (AvgIpc) is 2.22. The molecule has 1 nitrogen and oxygen atoms in total. The number of nitrogens with zero attached hydrogens (tertiary/aromatic N) is 1. The van der Waals surface area contributed by atoms with Crippen molar-refractivity contribution >= 4 is 0 Å². The van der Waals surface area contributed by atoms with Crippen molar-refractivity contribution in [3.05, 3.63) is 12.2 Å². The summed E-state index contributed by atoms with van der Waals surface area (Å²) in [5.74, 6) is 1.42. The summed E-state index contributed by atoms with van der Waals surface area (Å²) in [5, 5.41) is 9.32. The fourth-order valence-corrected chi connectivity index (χ4v) is 3.66. The lowest BCUT2D eigenvalue weighted by Gasteiger charge is -2.50. The Balaban J connectivity index is 2.31. The standard InChI is InChI=1S/C14H21N/c1-10-7-8-14(3)11(2)5-4-6-13(14)12(10)9-15/h10,12-13H,2,4-8H2,1,3H3/t10-,12?,13-,14+/m1/s1. The predicted octanol–water partition coefficient (Wildman–Crippen LogP) is 3.92. The minimum Gasteiger partial charge on any atom is -0.198 e. The van der Waals surface area contributed by atoms with Gasteiger partial charge in [0.15, 0.2) is 0 Å². The van der Waals surface area contributed by atoms with Crippen molar-refractivity contribution in [3.8, 4) is 6.07 Å². The molecule has 0 saturated heterocycles. The van der Waals surface area contributed by atoms with E-state index in [4.69, 9.17) is 0 Å². The summed E-state index contributed by atoms with van der Waals surface area (Å²) >= 11 is 0. The van der Waals surface area contributed by atoms with Crippen LogP contribution >= 0.6 is 0 Å². The van der Waals surface area contributed by atoms with E-state index >= 15 is 0 Å². The molecule has 0 aliphatic heterocycles. The summed E-state index contributed by atoms with van der Waals surface area (Å²) in [5.41, 5.74) is 1.68. The molecule has 0 N–H and O–H groups in total. The molecule has 0 aromatic carbocycles. The number of hydrogen-bond acceptors (Lipinski definition) is 1. The summed E-state index contributed by atoms with van der Waals surface area (Å²) < 4.78 is 0. The highest BCUT2D eigenvalue weighted by molar-refractivity contribution is 5.19. The van der Waals surface area contributed by atoms with Crippen molar-refractivity contribution in [2.45, 2.75) is 46.0 Å². The summed E-state index contributed by atoms with van der Waals surface area (Å²) in [7, 11) is 0. The molecule has 15 heavy (non-hydrogen) atoms. The van der Waals surface area contributed by atoms with Gasteiger partial charge < -0.3 is 0 Å². The van der Waals surface area contributed by atoms with E-state index in [2.05, 4.69) is 26.5 Å². The van der Waals surface area contributed by atoms with E-state index in [1.807, 2.05) is 0 Å². The van der Waals surface area contributed by atoms with Gasteiger partial charge in [0.25, 0.3) is 0 Å². The van der Waals surface area contributed by atoms with E-state index in [-0.39, 0.29) is 11.3 Å². The van der Waals surface area contributed by atoms with Crippen LogP contribution in [0, 0.1) is 34.5 Å². The van der Waals surface area contributed by atoms with Crippen LogP contribution in [0.25, 0.3) is 0 Å². The Labute approximate surface area is 93.2 Å². The quantitative estimate of drug-likeness (QED) is 0.547. The van der Waals surface area contributed by atoms with Gasteiger partial charge >= 0.3 is 0 Å². The molecule has 2 saturated carbocycles. The molecule has 2 rings (SSSR count). The lowest BCUT2D eigenvalue weighted by molar-refractivity contribution is 0.0524. The second-order valence-electron chi connectivity index (χ2n) is 5.69. The average molecular weight is 203 g/mol. The topological polar surface area (TPSA) is 23.8 Å². The number of rotatable bonds is 0. The molecule has 2 aliphatic carbocycles. The van der Waals surface area contributed by atoms with Crippen LogP contribution in [0.3, 0.4) is 0 Å². The predicted molar refractivity (Wildman–Crippen MR) is 62.1 cm³/mol. The van der Waals surface area contributed by atoms with E-state index < -0.39 is 0 Å². The summed E-state index contributed by atoms with van der Waals surface area (Å²) in [4.78, 5) is 0. The van der Waals surface area contributed by atoms with E-state index in [1.54, 1.807) is 0 Å². The van der Waals surface area contributed by atoms with Crippen LogP contribution in [0.1, 0.15) is 46.0 Å². The SMILES string of the molecule is C=C1CCC[C@@H]2C(C#N)[C@H](C)CC[C@@]12C. The van der Waals surface area contributed by atoms with E-state index in [0.29, 0.717) is 11.8 Å². The van der Waals surface area contributed by atoms with Gasteiger partial charge in [-0.05, 0) is 49.4 Å². The molecule has 82 valence electrons. The summed E-state index contributed by atoms with van der Waals surface area (Å²) in [6.45, 7) is 8.84. The van der Waals surface area contributed by atoms with Gasteiger partial charge in [-0.1, -0.05) is 26.0 Å². The molecule has 0 heterocycles. The van der Waals surface area contributed by atoms with Crippen LogP contribution in [0.2, 0.25) is 0 Å². The Morgan fingerprint density at radius 1 is 1.47 bits per heavy atom. The van der Waals surface area contributed by atoms with E-state index in [1.165, 1.54) is 37.7 Å². The zero-order valence-corrected chi connectivity index (χ0v) is 9.92. The Kier molecular flexibility index (Phi) is 2.63. The molecule has 1 unspecified atom stereocenters. The minimum absolute atomic E-state index is 0.265. The molecule has 2 aliphatic rings. The van der Waals surface area contributed by atoms with Crippen molar-refractivity contribution in [2.75, 3.05) is 0 Å². The van der Waals surface area contributed by atoms with Crippen molar-refractivity contribution in [1.82, 2.24) is 0 Å². The molecule has 1 heteroatoms. The van der Waals surface area contributed by atoms with Gasteiger partial charge in [0, 0.05) is 0 Å². The highest BCUT2D eigenvalue weighted by Crippen LogP contribution is 2.55. The van der Waals surface area contributed by atoms with E-state index in [0.717, 1.165) is 0 Å². The molecule has 0 aromatic heterocycles. The summed E-state index contributed by atoms with van der Waals surface area (Å²) in [6, 6.07) is 2.56. The fraction of sp³-hybridized carbons (Fsp3) is 0.786. The van der Waals surface area contributed by atoms with Crippen LogP contribution in [0.5, 0.6) is 0 Å². The van der Waals surface area contributed by atoms with Crippen LogP contribution in [-0.4, -0.2) is 0 Å². The van der Waals surface area contributed by atoms with Crippen molar-refractivity contribution in [2.24, 2.45) is 23.2 Å². The molecule has 0 aromatic rings. The maximum absolute atomic E-state index is 9.32. The molecule has 2 fully saturated rings. The minimum atomic E-state index is 0.265. The summed E-state index contributed by atoms with van der Waals surface area (Å²) in [6.07, 6.45) is 6.10. The third-order valence-corrected chi connectivity index (χ3v) is 4.93. The van der Waals surface area contributed by atoms with Crippen LogP contribution in [-0.2, 0) is 0 Å². The second kappa shape index (κ2) is 3.67. The molecule has 0 bridgehead atoms. The normalized spacial score (nSPS) is 45.7. The lowest BCUT2D eigenvalue weighted by Crippen LogP contribution is -2.43. The first-order valence-corrected chi connectivity index (χ1v) is 6.17. The third-order valence-electron chi connectivity index (χ3n) is 4.93. The maximum atomic E-state index is 9.32. The molecular formula is C14H21N. The first kappa shape index (κ1) is 10.7. The largest absolute Gasteiger partial charge is 0.198 e. The van der Waals surface area contributed by atoms with Gasteiger partial charge in [-0.3, -0.25) is 0 Å². The van der Waals surface area contributed by atoms with Gasteiger partial charge in [-0.15, -0.1) is 0 Å². The Morgan fingerprint density at radius 3 is 2.87 bits per heavy atom. The monoisotopic (exact) mass is 203 g/mol. The number of allylic oxidation sites excluding steroid dienone is 1. The molecule has 4 atom stereocenters. The highest BCUT2D eigenvalue weighted by atomic mass is 14.5. The zero-order chi connectivity index (χ0) is 11.1. The van der Waals surface area contributed by atoms with Gasteiger partial charge in [0.1, 0.15) is 0 Å². The number of hydrogen-bond donors (Lipinski definition) is 0. The third kappa shape index (κ3) is 1.51. The fourth-order valence-electron chi connectivity index (χ4n) is 3.66. The van der Waals surface area contributed by atoms with Crippen molar-refractivity contribution < 1.29 is 0 Å². The number of nitriles is 1. The van der Waals surface area contributed by atoms with Gasteiger partial charge in [-0.2, -0.15) is 5.26 Å². The van der Waals surface area contributed by atoms with Gasteiger partial charge in [-0.25, -0.2) is 0 Å². The first-order valence-electron chi connectivity index (χ1n) is 6.17. The Morgan fingerprint density at radius 2 is 2.20 bits per heavy atom. The van der Waals surface area contributed by atoms with Crippen LogP contribution in [0.15, 0.2) is 12.2 Å². The molecular weight excluding hydrogens is 182 g/mol. The molecule has 0 amide bonds. The maximum Gasteiger partial charge on any atom is 0.0661 e. The Bertz CT molecular complexity index is 312. The molecule has 0 spiro atoms. The Hall–Kier alpha value is -0.770. The lowest BCUT2D eigenvalue weighted by atomic mass is 9.53. The van der Waals surface area contributed by atoms with E-state index in [9.17, 15) is 5.26 Å². The molecule has 0 radical (unpaired) electrons. The highest BCUT2D eigenvalue weighted by Gasteiger charge is 2.47. The van der Waals surface area contributed by atoms with Crippen molar-refractivity contribution in [3.63, 3.8) is 0 Å². The van der Waals surface area contributed by atoms with Crippen LogP contribution in [0.4, 0.5) is 0 Å². The second-order valence-corrected chi connectivity index (χ2v) is 5.69. The van der Waals surface area contributed by atoms with Gasteiger partial charge in [0.05, 0.1) is 12.0 Å². The van der Waals surface area contributed by atoms with Crippen LogP contribution < -0.4 is 0 Å². The van der Waals surface area contributed by atoms with Gasteiger partial charge in [0.2, 0.25) is 0 Å². The smallest absolute Gasteiger partial charge is 0.0661 e.